The van der Waals surface area contributed by atoms with Crippen LogP contribution in [0.2, 0.25) is 0 Å². The Balaban J connectivity index is 1.84. The van der Waals surface area contributed by atoms with Gasteiger partial charge in [-0.3, -0.25) is 15.0 Å². The molecule has 0 saturated carbocycles. The Labute approximate surface area is 186 Å². The predicted molar refractivity (Wildman–Crippen MR) is 124 cm³/mol. The Kier molecular flexibility index (Phi) is 5.75. The minimum absolute atomic E-state index is 0.186. The molecule has 0 bridgehead atoms. The molecular weight excluding hydrogens is 402 g/mol. The highest BCUT2D eigenvalue weighted by Crippen LogP contribution is 2.42. The van der Waals surface area contributed by atoms with Crippen LogP contribution >= 0.6 is 0 Å². The molecule has 162 valence electrons. The molecule has 7 heteroatoms. The summed E-state index contributed by atoms with van der Waals surface area (Å²) < 4.78 is 0. The van der Waals surface area contributed by atoms with Crippen molar-refractivity contribution in [3.63, 3.8) is 0 Å². The molecule has 32 heavy (non-hydrogen) atoms. The third kappa shape index (κ3) is 3.86. The van der Waals surface area contributed by atoms with Crippen LogP contribution in [-0.2, 0) is 6.54 Å². The Bertz CT molecular complexity index is 1190. The van der Waals surface area contributed by atoms with Crippen molar-refractivity contribution in [2.24, 2.45) is 11.5 Å². The van der Waals surface area contributed by atoms with Crippen LogP contribution in [0, 0.1) is 0 Å². The second kappa shape index (κ2) is 8.64. The number of anilines is 1. The van der Waals surface area contributed by atoms with Crippen molar-refractivity contribution in [3.05, 3.63) is 100 Å². The van der Waals surface area contributed by atoms with E-state index in [1.54, 1.807) is 24.3 Å². The van der Waals surface area contributed by atoms with Crippen LogP contribution in [0.5, 0.6) is 0 Å². The number of nitrogens with two attached hydrogens (primary N) is 3. The van der Waals surface area contributed by atoms with Gasteiger partial charge in [-0.2, -0.15) is 0 Å². The quantitative estimate of drug-likeness (QED) is 0.402. The number of benzene rings is 3. The van der Waals surface area contributed by atoms with Gasteiger partial charge in [0, 0.05) is 17.8 Å². The first-order valence-electron chi connectivity index (χ1n) is 10.4. The Morgan fingerprint density at radius 2 is 1.59 bits per heavy atom. The molecule has 1 heterocycles. The molecule has 8 N–H and O–H groups in total. The van der Waals surface area contributed by atoms with E-state index < -0.39 is 11.8 Å². The molecule has 4 rings (SSSR count). The Morgan fingerprint density at radius 1 is 0.938 bits per heavy atom. The molecule has 1 aliphatic heterocycles. The van der Waals surface area contributed by atoms with Crippen LogP contribution in [0.4, 0.5) is 5.69 Å². The van der Waals surface area contributed by atoms with Gasteiger partial charge in [0.25, 0.3) is 0 Å². The highest BCUT2D eigenvalue weighted by molar-refractivity contribution is 6.15. The van der Waals surface area contributed by atoms with Crippen LogP contribution in [-0.4, -0.2) is 24.6 Å². The second-order valence-corrected chi connectivity index (χ2v) is 7.91. The summed E-state index contributed by atoms with van der Waals surface area (Å²) in [5, 5.41) is 13.4. The predicted octanol–water partition coefficient (Wildman–Crippen LogP) is 1.10. The summed E-state index contributed by atoms with van der Waals surface area (Å²) in [4.78, 5) is 23.6. The maximum Gasteiger partial charge on any atom is 0.249 e. The van der Waals surface area contributed by atoms with Gasteiger partial charge in [-0.15, -0.1) is 0 Å². The summed E-state index contributed by atoms with van der Waals surface area (Å²) in [6, 6.07) is 20.5. The maximum absolute atomic E-state index is 12.1. The molecule has 3 aromatic rings. The number of fused-ring (bicyclic) bond motifs is 1. The van der Waals surface area contributed by atoms with Crippen molar-refractivity contribution in [1.29, 1.82) is 0 Å². The van der Waals surface area contributed by atoms with Crippen molar-refractivity contribution in [2.45, 2.75) is 18.5 Å². The van der Waals surface area contributed by atoms with Crippen LogP contribution in [0.25, 0.3) is 0 Å². The van der Waals surface area contributed by atoms with Crippen molar-refractivity contribution >= 4 is 23.2 Å². The summed E-state index contributed by atoms with van der Waals surface area (Å²) in [6.07, 6.45) is 0. The summed E-state index contributed by atoms with van der Waals surface area (Å²) >= 11 is 0. The average Bonchev–Trinajstić information content (AvgIpc) is 2.79. The minimum Gasteiger partial charge on any atom is -0.376 e. The zero-order valence-electron chi connectivity index (χ0n) is 17.8. The number of rotatable bonds is 6. The number of hydrogen-bond acceptors (Lipinski definition) is 4. The van der Waals surface area contributed by atoms with Crippen molar-refractivity contribution in [2.75, 3.05) is 12.4 Å². The first-order chi connectivity index (χ1) is 15.4. The van der Waals surface area contributed by atoms with E-state index in [9.17, 15) is 9.59 Å². The Morgan fingerprint density at radius 3 is 2.19 bits per heavy atom. The van der Waals surface area contributed by atoms with E-state index in [0.717, 1.165) is 23.4 Å². The first-order valence-corrected chi connectivity index (χ1v) is 10.4. The summed E-state index contributed by atoms with van der Waals surface area (Å²) in [5.74, 6) is -1.32. The van der Waals surface area contributed by atoms with Gasteiger partial charge in [-0.05, 0) is 48.0 Å². The molecule has 0 fully saturated rings. The van der Waals surface area contributed by atoms with Crippen LogP contribution in [0.3, 0.4) is 0 Å². The number of carbonyl (C=O) groups excluding carboxylic acids is 2. The first kappa shape index (κ1) is 21.3. The van der Waals surface area contributed by atoms with E-state index in [1.165, 1.54) is 5.56 Å². The van der Waals surface area contributed by atoms with E-state index in [4.69, 9.17) is 16.9 Å². The van der Waals surface area contributed by atoms with Crippen molar-refractivity contribution < 1.29 is 15.0 Å². The molecule has 1 aliphatic rings. The number of nitrogens with one attached hydrogen (secondary N) is 2. The highest BCUT2D eigenvalue weighted by Gasteiger charge is 2.40. The molecule has 3 aromatic carbocycles. The zero-order valence-corrected chi connectivity index (χ0v) is 17.8. The third-order valence-electron chi connectivity index (χ3n) is 5.87. The number of amides is 2. The summed E-state index contributed by atoms with van der Waals surface area (Å²) in [7, 11) is 1.91. The van der Waals surface area contributed by atoms with Gasteiger partial charge in [-0.1, -0.05) is 42.5 Å². The molecule has 7 nitrogen and oxygen atoms in total. The lowest BCUT2D eigenvalue weighted by Gasteiger charge is -2.34. The number of carbonyl (C=O) groups is 2. The minimum atomic E-state index is -0.538. The molecule has 0 saturated heterocycles. The smallest absolute Gasteiger partial charge is 0.249 e. The zero-order chi connectivity index (χ0) is 22.8. The van der Waals surface area contributed by atoms with Crippen molar-refractivity contribution in [1.82, 2.24) is 5.32 Å². The lowest BCUT2D eigenvalue weighted by molar-refractivity contribution is -0.117. The fourth-order valence-electron chi connectivity index (χ4n) is 4.32. The number of primary amides is 2. The van der Waals surface area contributed by atoms with Gasteiger partial charge in [0.2, 0.25) is 11.8 Å². The molecule has 2 amide bonds. The molecule has 2 atom stereocenters. The SMILES string of the molecule is CNCc1ccc(C2Nc3cccc(C(N)=O)c3C(=[NH2+])C2c2ccc(C(N)=O)cc2)cc1. The average molecular weight is 429 g/mol. The second-order valence-electron chi connectivity index (χ2n) is 7.91. The number of hydrogen-bond donors (Lipinski definition) is 5. The van der Waals surface area contributed by atoms with E-state index in [0.29, 0.717) is 22.4 Å². The standard InChI is InChI=1S/C25H25N5O2/c1-29-13-14-5-7-16(8-6-14)23-20(15-9-11-17(12-10-15)24(27)31)22(26)21-18(25(28)32)3-2-4-19(21)30-23/h2-12,20,23,26,29-30H,13H2,1H3,(H2,27,31)(H2,28,32)/p+1. The monoisotopic (exact) mass is 428 g/mol. The van der Waals surface area contributed by atoms with E-state index in [2.05, 4.69) is 34.9 Å². The normalized spacial score (nSPS) is 17.3. The topological polar surface area (TPSA) is 136 Å². The van der Waals surface area contributed by atoms with E-state index >= 15 is 0 Å². The van der Waals surface area contributed by atoms with E-state index in [-0.39, 0.29) is 12.0 Å². The summed E-state index contributed by atoms with van der Waals surface area (Å²) in [6.45, 7) is 0.773. The summed E-state index contributed by atoms with van der Waals surface area (Å²) in [5.41, 5.74) is 16.9. The lowest BCUT2D eigenvalue weighted by Crippen LogP contribution is -2.50. The van der Waals surface area contributed by atoms with Gasteiger partial charge in [0.1, 0.15) is 0 Å². The fraction of sp³-hybridized carbons (Fsp3) is 0.160. The van der Waals surface area contributed by atoms with Gasteiger partial charge in [0.05, 0.1) is 23.1 Å². The molecule has 0 aliphatic carbocycles. The third-order valence-corrected chi connectivity index (χ3v) is 5.87. The molecule has 0 spiro atoms. The van der Waals surface area contributed by atoms with Gasteiger partial charge >= 0.3 is 0 Å². The van der Waals surface area contributed by atoms with Crippen LogP contribution < -0.4 is 27.5 Å². The molecule has 0 radical (unpaired) electrons. The van der Waals surface area contributed by atoms with Crippen LogP contribution in [0.1, 0.15) is 54.9 Å². The van der Waals surface area contributed by atoms with Gasteiger partial charge in [-0.25, -0.2) is 0 Å². The Hall–Kier alpha value is -3.97. The molecular formula is C25H26N5O2+. The largest absolute Gasteiger partial charge is 0.376 e. The van der Waals surface area contributed by atoms with E-state index in [1.807, 2.05) is 25.2 Å². The van der Waals surface area contributed by atoms with Gasteiger partial charge < -0.3 is 22.1 Å². The van der Waals surface area contributed by atoms with Gasteiger partial charge in [0.15, 0.2) is 5.71 Å². The lowest BCUT2D eigenvalue weighted by atomic mass is 9.76. The molecule has 0 aromatic heterocycles. The highest BCUT2D eigenvalue weighted by atomic mass is 16.1. The van der Waals surface area contributed by atoms with Crippen molar-refractivity contribution in [3.8, 4) is 0 Å². The van der Waals surface area contributed by atoms with Crippen LogP contribution in [0.15, 0.2) is 66.7 Å². The maximum atomic E-state index is 12.1. The fourth-order valence-corrected chi connectivity index (χ4v) is 4.32. The molecule has 2 unspecified atom stereocenters.